The van der Waals surface area contributed by atoms with Crippen LogP contribution in [0.4, 0.5) is 0 Å². The van der Waals surface area contributed by atoms with E-state index >= 15 is 0 Å². The second kappa shape index (κ2) is 6.33. The summed E-state index contributed by atoms with van der Waals surface area (Å²) in [4.78, 5) is 36.6. The van der Waals surface area contributed by atoms with Gasteiger partial charge in [-0.2, -0.15) is 0 Å². The minimum Gasteiger partial charge on any atom is -0.478 e. The smallest absolute Gasteiger partial charge is 0.336 e. The maximum Gasteiger partial charge on any atom is 0.336 e. The molecule has 0 spiro atoms. The van der Waals surface area contributed by atoms with Crippen molar-refractivity contribution in [3.05, 3.63) is 53.3 Å². The summed E-state index contributed by atoms with van der Waals surface area (Å²) in [6, 6.07) is 9.51. The molecular weight excluding hydrogens is 344 g/mol. The number of benzene rings is 1. The molecule has 2 heterocycles. The van der Waals surface area contributed by atoms with Crippen LogP contribution in [-0.2, 0) is 9.59 Å². The first kappa shape index (κ1) is 16.6. The molecule has 25 heavy (non-hydrogen) atoms. The number of hydrogen-bond donors (Lipinski definition) is 2. The van der Waals surface area contributed by atoms with Crippen molar-refractivity contribution in [2.24, 2.45) is 0 Å². The lowest BCUT2D eigenvalue weighted by Gasteiger charge is -2.24. The maximum atomic E-state index is 12.2. The molecule has 0 bridgehead atoms. The predicted octanol–water partition coefficient (Wildman–Crippen LogP) is 1.90. The summed E-state index contributed by atoms with van der Waals surface area (Å²) in [6.07, 6.45) is 1.29. The topological polar surface area (TPSA) is 99.8 Å². The molecule has 2 N–H and O–H groups in total. The van der Waals surface area contributed by atoms with Crippen molar-refractivity contribution >= 4 is 41.2 Å². The van der Waals surface area contributed by atoms with E-state index < -0.39 is 17.8 Å². The Hall–Kier alpha value is -3.26. The zero-order chi connectivity index (χ0) is 18.1. The van der Waals surface area contributed by atoms with Crippen molar-refractivity contribution in [3.63, 3.8) is 0 Å². The standard InChI is InChI=1S/C17H12N2O5S/c1-19-15(21)12(14(20)18-17(19)25)8-9-6-7-13(24-9)10-4-2-3-5-11(10)16(22)23/h2-8H,1H3,(H,22,23)(H,18,20,25). The molecule has 2 aromatic rings. The molecule has 1 aliphatic rings. The fourth-order valence-corrected chi connectivity index (χ4v) is 2.52. The van der Waals surface area contributed by atoms with Crippen molar-refractivity contribution in [1.82, 2.24) is 10.2 Å². The average molecular weight is 356 g/mol. The van der Waals surface area contributed by atoms with Gasteiger partial charge in [-0.25, -0.2) is 4.79 Å². The van der Waals surface area contributed by atoms with Crippen LogP contribution >= 0.6 is 12.2 Å². The van der Waals surface area contributed by atoms with Crippen molar-refractivity contribution in [2.75, 3.05) is 7.05 Å². The highest BCUT2D eigenvalue weighted by Gasteiger charge is 2.31. The number of carboxylic acid groups (broad SMARTS) is 1. The van der Waals surface area contributed by atoms with Crippen LogP contribution in [0.2, 0.25) is 0 Å². The molecule has 0 atom stereocenters. The van der Waals surface area contributed by atoms with Crippen molar-refractivity contribution in [2.45, 2.75) is 0 Å². The zero-order valence-corrected chi connectivity index (χ0v) is 13.8. The third-order valence-corrected chi connectivity index (χ3v) is 4.02. The van der Waals surface area contributed by atoms with E-state index in [0.717, 1.165) is 4.90 Å². The molecule has 0 aliphatic carbocycles. The van der Waals surface area contributed by atoms with Crippen LogP contribution in [-0.4, -0.2) is 40.0 Å². The maximum absolute atomic E-state index is 12.2. The van der Waals surface area contributed by atoms with Gasteiger partial charge in [-0.15, -0.1) is 0 Å². The van der Waals surface area contributed by atoms with Gasteiger partial charge in [-0.3, -0.25) is 19.8 Å². The molecule has 1 saturated heterocycles. The Kier molecular flexibility index (Phi) is 4.20. The number of furan rings is 1. The zero-order valence-electron chi connectivity index (χ0n) is 13.0. The molecule has 0 unspecified atom stereocenters. The van der Waals surface area contributed by atoms with Crippen molar-refractivity contribution in [3.8, 4) is 11.3 Å². The fourth-order valence-electron chi connectivity index (χ4n) is 2.35. The van der Waals surface area contributed by atoms with E-state index in [0.29, 0.717) is 11.3 Å². The number of carbonyl (C=O) groups is 3. The first-order valence-corrected chi connectivity index (χ1v) is 7.57. The number of aromatic carboxylic acids is 1. The van der Waals surface area contributed by atoms with Crippen LogP contribution in [0.5, 0.6) is 0 Å². The molecule has 0 saturated carbocycles. The van der Waals surface area contributed by atoms with Crippen LogP contribution in [0.25, 0.3) is 17.4 Å². The summed E-state index contributed by atoms with van der Waals surface area (Å²) >= 11 is 4.87. The van der Waals surface area contributed by atoms with Gasteiger partial charge in [-0.1, -0.05) is 18.2 Å². The highest BCUT2D eigenvalue weighted by Crippen LogP contribution is 2.27. The van der Waals surface area contributed by atoms with Crippen molar-refractivity contribution < 1.29 is 23.9 Å². The Morgan fingerprint density at radius 1 is 1.24 bits per heavy atom. The number of carboxylic acids is 1. The van der Waals surface area contributed by atoms with E-state index in [-0.39, 0.29) is 22.0 Å². The predicted molar refractivity (Wildman–Crippen MR) is 92.6 cm³/mol. The van der Waals surface area contributed by atoms with Gasteiger partial charge in [0.1, 0.15) is 17.1 Å². The number of likely N-dealkylation sites (N-methyl/N-ethyl adjacent to an activating group) is 1. The van der Waals surface area contributed by atoms with Gasteiger partial charge >= 0.3 is 5.97 Å². The van der Waals surface area contributed by atoms with E-state index in [1.165, 1.54) is 19.2 Å². The number of carbonyl (C=O) groups excluding carboxylic acids is 2. The summed E-state index contributed by atoms with van der Waals surface area (Å²) in [6.45, 7) is 0. The monoisotopic (exact) mass is 356 g/mol. The summed E-state index contributed by atoms with van der Waals surface area (Å²) in [5.74, 6) is -1.68. The van der Waals surface area contributed by atoms with Crippen LogP contribution in [0.15, 0.2) is 46.4 Å². The Morgan fingerprint density at radius 3 is 2.68 bits per heavy atom. The highest BCUT2D eigenvalue weighted by atomic mass is 32.1. The largest absolute Gasteiger partial charge is 0.478 e. The van der Waals surface area contributed by atoms with Crippen LogP contribution in [0.1, 0.15) is 16.1 Å². The van der Waals surface area contributed by atoms with Gasteiger partial charge in [0.25, 0.3) is 11.8 Å². The quantitative estimate of drug-likeness (QED) is 0.495. The summed E-state index contributed by atoms with van der Waals surface area (Å²) in [5.41, 5.74) is 0.369. The Bertz CT molecular complexity index is 944. The molecule has 1 aliphatic heterocycles. The third-order valence-electron chi connectivity index (χ3n) is 3.64. The SMILES string of the molecule is CN1C(=O)C(=Cc2ccc(-c3ccccc3C(=O)O)o2)C(=O)NC1=S. The van der Waals surface area contributed by atoms with Crippen LogP contribution < -0.4 is 5.32 Å². The molecular formula is C17H12N2O5S. The van der Waals surface area contributed by atoms with Crippen molar-refractivity contribution in [1.29, 1.82) is 0 Å². The van der Waals surface area contributed by atoms with E-state index in [9.17, 15) is 19.5 Å². The molecule has 7 nitrogen and oxygen atoms in total. The number of nitrogens with zero attached hydrogens (tertiary/aromatic N) is 1. The molecule has 0 radical (unpaired) electrons. The van der Waals surface area contributed by atoms with E-state index in [2.05, 4.69) is 5.32 Å². The fraction of sp³-hybridized carbons (Fsp3) is 0.0588. The Labute approximate surface area is 147 Å². The summed E-state index contributed by atoms with van der Waals surface area (Å²) in [5, 5.41) is 11.7. The van der Waals surface area contributed by atoms with Gasteiger partial charge in [0.2, 0.25) is 0 Å². The third kappa shape index (κ3) is 3.07. The molecule has 3 rings (SSSR count). The molecule has 1 aromatic heterocycles. The van der Waals surface area contributed by atoms with Crippen LogP contribution in [0.3, 0.4) is 0 Å². The molecule has 1 fully saturated rings. The highest BCUT2D eigenvalue weighted by molar-refractivity contribution is 7.80. The number of rotatable bonds is 3. The Balaban J connectivity index is 1.98. The van der Waals surface area contributed by atoms with E-state index in [1.54, 1.807) is 30.3 Å². The number of amides is 2. The summed E-state index contributed by atoms with van der Waals surface area (Å²) < 4.78 is 5.60. The first-order valence-electron chi connectivity index (χ1n) is 7.16. The van der Waals surface area contributed by atoms with Crippen LogP contribution in [0, 0.1) is 0 Å². The molecule has 2 amide bonds. The minimum atomic E-state index is -1.08. The van der Waals surface area contributed by atoms with Gasteiger partial charge in [0.05, 0.1) is 5.56 Å². The van der Waals surface area contributed by atoms with Gasteiger partial charge < -0.3 is 9.52 Å². The van der Waals surface area contributed by atoms with Gasteiger partial charge in [0, 0.05) is 12.6 Å². The average Bonchev–Trinajstić information content (AvgIpc) is 3.05. The Morgan fingerprint density at radius 2 is 1.96 bits per heavy atom. The van der Waals surface area contributed by atoms with E-state index in [1.807, 2.05) is 0 Å². The number of hydrogen-bond acceptors (Lipinski definition) is 5. The molecule has 8 heteroatoms. The number of nitrogens with one attached hydrogen (secondary N) is 1. The second-order valence-corrected chi connectivity index (χ2v) is 5.62. The normalized spacial score (nSPS) is 16.3. The first-order chi connectivity index (χ1) is 11.9. The lowest BCUT2D eigenvalue weighted by atomic mass is 10.1. The van der Waals surface area contributed by atoms with Gasteiger partial charge in [0.15, 0.2) is 5.11 Å². The number of thiocarbonyl (C=S) groups is 1. The van der Waals surface area contributed by atoms with E-state index in [4.69, 9.17) is 16.6 Å². The lowest BCUT2D eigenvalue weighted by Crippen LogP contribution is -2.52. The van der Waals surface area contributed by atoms with Gasteiger partial charge in [-0.05, 0) is 36.5 Å². The lowest BCUT2D eigenvalue weighted by molar-refractivity contribution is -0.128. The molecule has 126 valence electrons. The minimum absolute atomic E-state index is 0.0302. The second-order valence-electron chi connectivity index (χ2n) is 5.23. The summed E-state index contributed by atoms with van der Waals surface area (Å²) in [7, 11) is 1.45. The molecule has 1 aromatic carbocycles.